The van der Waals surface area contributed by atoms with Gasteiger partial charge in [-0.3, -0.25) is 9.59 Å². The standard InChI is InChI=1S/C19H19FN2O3/c1-13(23)21-17-8-4-15(5-9-17)19(24)22-10-11-25-18(12-22)14-2-6-16(20)7-3-14/h2-9,18H,10-12H2,1H3,(H,21,23). The van der Waals surface area contributed by atoms with Gasteiger partial charge in [0.2, 0.25) is 5.91 Å². The number of carbonyl (C=O) groups is 2. The first-order chi connectivity index (χ1) is 12.0. The van der Waals surface area contributed by atoms with Gasteiger partial charge >= 0.3 is 0 Å². The number of rotatable bonds is 3. The molecule has 1 unspecified atom stereocenters. The molecule has 2 amide bonds. The maximum Gasteiger partial charge on any atom is 0.254 e. The Morgan fingerprint density at radius 3 is 2.44 bits per heavy atom. The molecule has 0 spiro atoms. The summed E-state index contributed by atoms with van der Waals surface area (Å²) in [5.41, 5.74) is 2.05. The molecule has 1 atom stereocenters. The number of ether oxygens (including phenoxy) is 1. The number of anilines is 1. The molecule has 2 aromatic rings. The summed E-state index contributed by atoms with van der Waals surface area (Å²) in [6, 6.07) is 12.9. The van der Waals surface area contributed by atoms with Gasteiger partial charge in [-0.1, -0.05) is 12.1 Å². The number of hydrogen-bond donors (Lipinski definition) is 1. The fourth-order valence-corrected chi connectivity index (χ4v) is 2.79. The van der Waals surface area contributed by atoms with Gasteiger partial charge in [-0.2, -0.15) is 0 Å². The van der Waals surface area contributed by atoms with Gasteiger partial charge in [0.25, 0.3) is 5.91 Å². The molecule has 25 heavy (non-hydrogen) atoms. The fourth-order valence-electron chi connectivity index (χ4n) is 2.79. The van der Waals surface area contributed by atoms with E-state index in [1.165, 1.54) is 19.1 Å². The predicted molar refractivity (Wildman–Crippen MR) is 91.7 cm³/mol. The second kappa shape index (κ2) is 7.44. The van der Waals surface area contributed by atoms with Crippen molar-refractivity contribution in [3.63, 3.8) is 0 Å². The second-order valence-electron chi connectivity index (χ2n) is 5.92. The Balaban J connectivity index is 1.69. The summed E-state index contributed by atoms with van der Waals surface area (Å²) < 4.78 is 18.8. The number of halogens is 1. The predicted octanol–water partition coefficient (Wildman–Crippen LogP) is 3.00. The zero-order valence-corrected chi connectivity index (χ0v) is 13.9. The van der Waals surface area contributed by atoms with E-state index in [2.05, 4.69) is 5.32 Å². The van der Waals surface area contributed by atoms with Gasteiger partial charge in [0.1, 0.15) is 11.9 Å². The molecule has 6 heteroatoms. The molecule has 0 aliphatic carbocycles. The lowest BCUT2D eigenvalue weighted by Crippen LogP contribution is -2.42. The summed E-state index contributed by atoms with van der Waals surface area (Å²) in [5, 5.41) is 2.67. The smallest absolute Gasteiger partial charge is 0.254 e. The third-order valence-corrected chi connectivity index (χ3v) is 4.05. The van der Waals surface area contributed by atoms with Crippen molar-refractivity contribution in [1.82, 2.24) is 4.90 Å². The maximum absolute atomic E-state index is 13.1. The molecule has 1 N–H and O–H groups in total. The van der Waals surface area contributed by atoms with Gasteiger partial charge in [-0.25, -0.2) is 4.39 Å². The minimum atomic E-state index is -0.299. The second-order valence-corrected chi connectivity index (χ2v) is 5.92. The lowest BCUT2D eigenvalue weighted by atomic mass is 10.1. The number of morpholine rings is 1. The Bertz CT molecular complexity index is 759. The molecule has 1 heterocycles. The number of nitrogens with zero attached hydrogens (tertiary/aromatic N) is 1. The van der Waals surface area contributed by atoms with Gasteiger partial charge < -0.3 is 15.0 Å². The molecule has 0 aromatic heterocycles. The Kier molecular flexibility index (Phi) is 5.09. The molecule has 1 aliphatic rings. The molecule has 1 fully saturated rings. The van der Waals surface area contributed by atoms with Crippen LogP contribution in [0.25, 0.3) is 0 Å². The Morgan fingerprint density at radius 2 is 1.80 bits per heavy atom. The van der Waals surface area contributed by atoms with Crippen LogP contribution in [0.1, 0.15) is 28.9 Å². The summed E-state index contributed by atoms with van der Waals surface area (Å²) in [4.78, 5) is 25.5. The quantitative estimate of drug-likeness (QED) is 0.933. The highest BCUT2D eigenvalue weighted by atomic mass is 19.1. The molecule has 0 saturated carbocycles. The maximum atomic E-state index is 13.1. The number of carbonyl (C=O) groups excluding carboxylic acids is 2. The van der Waals surface area contributed by atoms with E-state index < -0.39 is 0 Å². The van der Waals surface area contributed by atoms with E-state index in [1.807, 2.05) is 0 Å². The van der Waals surface area contributed by atoms with Crippen molar-refractivity contribution >= 4 is 17.5 Å². The zero-order valence-electron chi connectivity index (χ0n) is 13.9. The van der Waals surface area contributed by atoms with Gasteiger partial charge in [-0.15, -0.1) is 0 Å². The topological polar surface area (TPSA) is 58.6 Å². The van der Waals surface area contributed by atoms with Crippen molar-refractivity contribution in [2.24, 2.45) is 0 Å². The monoisotopic (exact) mass is 342 g/mol. The van der Waals surface area contributed by atoms with Crippen molar-refractivity contribution < 1.29 is 18.7 Å². The van der Waals surface area contributed by atoms with Crippen LogP contribution in [0.2, 0.25) is 0 Å². The van der Waals surface area contributed by atoms with Crippen molar-refractivity contribution in [2.45, 2.75) is 13.0 Å². The first kappa shape index (κ1) is 17.1. The highest BCUT2D eigenvalue weighted by molar-refractivity contribution is 5.95. The van der Waals surface area contributed by atoms with Crippen LogP contribution < -0.4 is 5.32 Å². The van der Waals surface area contributed by atoms with Crippen molar-refractivity contribution in [2.75, 3.05) is 25.0 Å². The number of amides is 2. The third-order valence-electron chi connectivity index (χ3n) is 4.05. The summed E-state index contributed by atoms with van der Waals surface area (Å²) in [7, 11) is 0. The van der Waals surface area contributed by atoms with E-state index in [4.69, 9.17) is 4.74 Å². The minimum Gasteiger partial charge on any atom is -0.370 e. The van der Waals surface area contributed by atoms with Crippen LogP contribution in [0.4, 0.5) is 10.1 Å². The van der Waals surface area contributed by atoms with E-state index in [1.54, 1.807) is 41.3 Å². The molecule has 130 valence electrons. The molecule has 2 aromatic carbocycles. The van der Waals surface area contributed by atoms with E-state index in [0.29, 0.717) is 30.9 Å². The fraction of sp³-hybridized carbons (Fsp3) is 0.263. The molecule has 0 radical (unpaired) electrons. The highest BCUT2D eigenvalue weighted by Crippen LogP contribution is 2.24. The van der Waals surface area contributed by atoms with E-state index in [-0.39, 0.29) is 23.7 Å². The van der Waals surface area contributed by atoms with Crippen LogP contribution in [0.3, 0.4) is 0 Å². The zero-order chi connectivity index (χ0) is 17.8. The molecule has 1 saturated heterocycles. The van der Waals surface area contributed by atoms with Crippen LogP contribution in [0, 0.1) is 5.82 Å². The van der Waals surface area contributed by atoms with Crippen molar-refractivity contribution in [1.29, 1.82) is 0 Å². The summed E-state index contributed by atoms with van der Waals surface area (Å²) >= 11 is 0. The van der Waals surface area contributed by atoms with E-state index in [0.717, 1.165) is 5.56 Å². The SMILES string of the molecule is CC(=O)Nc1ccc(C(=O)N2CCOC(c3ccc(F)cc3)C2)cc1. The summed E-state index contributed by atoms with van der Waals surface area (Å²) in [6.07, 6.45) is -0.267. The Labute approximate surface area is 145 Å². The Hall–Kier alpha value is -2.73. The van der Waals surface area contributed by atoms with E-state index >= 15 is 0 Å². The van der Waals surface area contributed by atoms with Crippen LogP contribution >= 0.6 is 0 Å². The third kappa shape index (κ3) is 4.22. The average Bonchev–Trinajstić information content (AvgIpc) is 2.62. The molecule has 5 nitrogen and oxygen atoms in total. The average molecular weight is 342 g/mol. The van der Waals surface area contributed by atoms with Gasteiger partial charge in [-0.05, 0) is 42.0 Å². The normalized spacial score (nSPS) is 17.2. The lowest BCUT2D eigenvalue weighted by molar-refractivity contribution is -0.114. The van der Waals surface area contributed by atoms with Crippen LogP contribution in [-0.2, 0) is 9.53 Å². The van der Waals surface area contributed by atoms with Gasteiger partial charge in [0.05, 0.1) is 13.2 Å². The Morgan fingerprint density at radius 1 is 1.12 bits per heavy atom. The van der Waals surface area contributed by atoms with Gasteiger partial charge in [0, 0.05) is 24.7 Å². The van der Waals surface area contributed by atoms with Crippen LogP contribution in [-0.4, -0.2) is 36.4 Å². The first-order valence-corrected chi connectivity index (χ1v) is 8.07. The van der Waals surface area contributed by atoms with Crippen molar-refractivity contribution in [3.05, 3.63) is 65.5 Å². The van der Waals surface area contributed by atoms with Gasteiger partial charge in [0.15, 0.2) is 0 Å². The van der Waals surface area contributed by atoms with E-state index in [9.17, 15) is 14.0 Å². The number of benzene rings is 2. The summed E-state index contributed by atoms with van der Waals surface area (Å²) in [6.45, 7) is 2.78. The molecular weight excluding hydrogens is 323 g/mol. The molecule has 3 rings (SSSR count). The first-order valence-electron chi connectivity index (χ1n) is 8.07. The van der Waals surface area contributed by atoms with Crippen molar-refractivity contribution in [3.8, 4) is 0 Å². The minimum absolute atomic E-state index is 0.0928. The largest absolute Gasteiger partial charge is 0.370 e. The van der Waals surface area contributed by atoms with Crippen LogP contribution in [0.5, 0.6) is 0 Å². The summed E-state index contributed by atoms with van der Waals surface area (Å²) in [5.74, 6) is -0.550. The highest BCUT2D eigenvalue weighted by Gasteiger charge is 2.26. The number of hydrogen-bond acceptors (Lipinski definition) is 3. The lowest BCUT2D eigenvalue weighted by Gasteiger charge is -2.33. The molecule has 0 bridgehead atoms. The molecule has 1 aliphatic heterocycles. The molecular formula is C19H19FN2O3. The van der Waals surface area contributed by atoms with Crippen LogP contribution in [0.15, 0.2) is 48.5 Å². The number of nitrogens with one attached hydrogen (secondary N) is 1.